The molecule has 0 unspecified atom stereocenters. The number of allylic oxidation sites excluding steroid dienone is 1. The number of anilines is 1. The van der Waals surface area contributed by atoms with E-state index < -0.39 is 11.9 Å². The van der Waals surface area contributed by atoms with Gasteiger partial charge < -0.3 is 19.2 Å². The lowest BCUT2D eigenvalue weighted by atomic mass is 10.1. The van der Waals surface area contributed by atoms with Crippen LogP contribution in [0.3, 0.4) is 0 Å². The molecule has 0 aliphatic rings. The third kappa shape index (κ3) is 4.73. The highest BCUT2D eigenvalue weighted by molar-refractivity contribution is 6.05. The summed E-state index contributed by atoms with van der Waals surface area (Å²) in [7, 11) is 2.88. The van der Waals surface area contributed by atoms with Crippen LogP contribution in [0.5, 0.6) is 5.75 Å². The van der Waals surface area contributed by atoms with Gasteiger partial charge in [-0.2, -0.15) is 5.10 Å². The summed E-state index contributed by atoms with van der Waals surface area (Å²) in [5, 5.41) is 6.60. The Morgan fingerprint density at radius 2 is 2.07 bits per heavy atom. The van der Waals surface area contributed by atoms with Crippen molar-refractivity contribution >= 4 is 17.6 Å². The Kier molecular flexibility index (Phi) is 6.13. The minimum absolute atomic E-state index is 0.0114. The van der Waals surface area contributed by atoms with Gasteiger partial charge in [0.1, 0.15) is 18.1 Å². The van der Waals surface area contributed by atoms with Gasteiger partial charge in [-0.15, -0.1) is 6.58 Å². The summed E-state index contributed by atoms with van der Waals surface area (Å²) in [6.07, 6.45) is 4.00. The Hall–Kier alpha value is -3.81. The van der Waals surface area contributed by atoms with E-state index in [9.17, 15) is 9.59 Å². The molecule has 0 fully saturated rings. The summed E-state index contributed by atoms with van der Waals surface area (Å²) in [6, 6.07) is 10.8. The number of aryl methyl sites for hydroxylation is 1. The average molecular weight is 395 g/mol. The first-order chi connectivity index (χ1) is 14.0. The lowest BCUT2D eigenvalue weighted by molar-refractivity contribution is 0.0594. The van der Waals surface area contributed by atoms with Crippen LogP contribution in [0.1, 0.15) is 32.4 Å². The second-order valence-electron chi connectivity index (χ2n) is 6.17. The molecule has 1 N–H and O–H groups in total. The van der Waals surface area contributed by atoms with E-state index in [4.69, 9.17) is 9.15 Å². The van der Waals surface area contributed by atoms with Gasteiger partial charge in [-0.1, -0.05) is 24.3 Å². The first-order valence-electron chi connectivity index (χ1n) is 8.85. The van der Waals surface area contributed by atoms with E-state index in [1.54, 1.807) is 19.2 Å². The van der Waals surface area contributed by atoms with Crippen molar-refractivity contribution < 1.29 is 23.5 Å². The summed E-state index contributed by atoms with van der Waals surface area (Å²) in [6.45, 7) is 3.91. The van der Waals surface area contributed by atoms with E-state index in [0.717, 1.165) is 11.3 Å². The van der Waals surface area contributed by atoms with E-state index in [0.29, 0.717) is 12.2 Å². The van der Waals surface area contributed by atoms with Gasteiger partial charge >= 0.3 is 5.97 Å². The van der Waals surface area contributed by atoms with Crippen molar-refractivity contribution in [3.8, 4) is 5.75 Å². The SMILES string of the molecule is C=CCc1ccccc1OCc1ccc(C(=O)Nc2cn(C)nc2C(=O)OC)o1. The van der Waals surface area contributed by atoms with E-state index in [-0.39, 0.29) is 23.7 Å². The number of rotatable bonds is 8. The number of ether oxygens (including phenoxy) is 2. The largest absolute Gasteiger partial charge is 0.485 e. The first kappa shape index (κ1) is 19.9. The van der Waals surface area contributed by atoms with E-state index in [2.05, 4.69) is 21.7 Å². The molecule has 0 aliphatic carbocycles. The molecule has 0 saturated carbocycles. The maximum atomic E-state index is 12.5. The van der Waals surface area contributed by atoms with Crippen molar-refractivity contribution in [3.63, 3.8) is 0 Å². The van der Waals surface area contributed by atoms with Crippen molar-refractivity contribution in [2.24, 2.45) is 7.05 Å². The molecule has 29 heavy (non-hydrogen) atoms. The Balaban J connectivity index is 1.67. The zero-order chi connectivity index (χ0) is 20.8. The Labute approximate surface area is 167 Å². The standard InChI is InChI=1S/C21H21N3O5/c1-4-7-14-8-5-6-9-17(14)28-13-15-10-11-18(29-15)20(25)22-16-12-24(2)23-19(16)21(26)27-3/h4-6,8-12H,1,7,13H2,2-3H3,(H,22,25). The molecule has 0 bridgehead atoms. The molecule has 2 aromatic heterocycles. The molecule has 8 nitrogen and oxygen atoms in total. The lowest BCUT2D eigenvalue weighted by Crippen LogP contribution is -2.14. The molecule has 0 spiro atoms. The van der Waals surface area contributed by atoms with Crippen molar-refractivity contribution in [1.29, 1.82) is 0 Å². The molecule has 0 saturated heterocycles. The molecule has 3 rings (SSSR count). The van der Waals surface area contributed by atoms with E-state index >= 15 is 0 Å². The van der Waals surface area contributed by atoms with Crippen LogP contribution in [0, 0.1) is 0 Å². The number of hydrogen-bond donors (Lipinski definition) is 1. The summed E-state index contributed by atoms with van der Waals surface area (Å²) >= 11 is 0. The highest BCUT2D eigenvalue weighted by Gasteiger charge is 2.20. The minimum atomic E-state index is -0.646. The third-order valence-electron chi connectivity index (χ3n) is 4.05. The van der Waals surface area contributed by atoms with Crippen LogP contribution in [-0.4, -0.2) is 28.8 Å². The molecule has 8 heteroatoms. The van der Waals surface area contributed by atoms with E-state index in [1.165, 1.54) is 24.1 Å². The highest BCUT2D eigenvalue weighted by Crippen LogP contribution is 2.21. The highest BCUT2D eigenvalue weighted by atomic mass is 16.5. The number of esters is 1. The molecule has 3 aromatic rings. The Bertz CT molecular complexity index is 1030. The summed E-state index contributed by atoms with van der Waals surface area (Å²) in [5.74, 6) is 0.146. The van der Waals surface area contributed by atoms with Crippen LogP contribution in [-0.2, 0) is 24.8 Å². The molecule has 2 heterocycles. The predicted molar refractivity (Wildman–Crippen MR) is 106 cm³/mol. The second kappa shape index (κ2) is 8.92. The maximum Gasteiger partial charge on any atom is 0.360 e. The van der Waals surface area contributed by atoms with Crippen molar-refractivity contribution in [2.75, 3.05) is 12.4 Å². The summed E-state index contributed by atoms with van der Waals surface area (Å²) in [4.78, 5) is 24.2. The predicted octanol–water partition coefficient (Wildman–Crippen LogP) is 3.36. The average Bonchev–Trinajstić information content (AvgIpc) is 3.33. The van der Waals surface area contributed by atoms with Gasteiger partial charge in [0.2, 0.25) is 0 Å². The Morgan fingerprint density at radius 3 is 2.83 bits per heavy atom. The number of carbonyl (C=O) groups is 2. The van der Waals surface area contributed by atoms with Crippen LogP contribution >= 0.6 is 0 Å². The molecular formula is C21H21N3O5. The quantitative estimate of drug-likeness (QED) is 0.464. The second-order valence-corrected chi connectivity index (χ2v) is 6.17. The van der Waals surface area contributed by atoms with Crippen molar-refractivity contribution in [2.45, 2.75) is 13.0 Å². The zero-order valence-corrected chi connectivity index (χ0v) is 16.2. The van der Waals surface area contributed by atoms with Crippen LogP contribution in [0.25, 0.3) is 0 Å². The van der Waals surface area contributed by atoms with Gasteiger partial charge in [0.05, 0.1) is 12.8 Å². The number of furan rings is 1. The molecule has 0 aliphatic heterocycles. The fourth-order valence-electron chi connectivity index (χ4n) is 2.71. The number of nitrogens with zero attached hydrogens (tertiary/aromatic N) is 2. The first-order valence-corrected chi connectivity index (χ1v) is 8.85. The number of benzene rings is 1. The molecular weight excluding hydrogens is 374 g/mol. The number of amides is 1. The monoisotopic (exact) mass is 395 g/mol. The Morgan fingerprint density at radius 1 is 1.28 bits per heavy atom. The normalized spacial score (nSPS) is 10.4. The third-order valence-corrected chi connectivity index (χ3v) is 4.05. The van der Waals surface area contributed by atoms with Gasteiger partial charge in [0.25, 0.3) is 5.91 Å². The van der Waals surface area contributed by atoms with Gasteiger partial charge in [-0.25, -0.2) is 4.79 Å². The molecule has 150 valence electrons. The number of methoxy groups -OCH3 is 1. The fourth-order valence-corrected chi connectivity index (χ4v) is 2.71. The summed E-state index contributed by atoms with van der Waals surface area (Å²) < 4.78 is 17.5. The van der Waals surface area contributed by atoms with Crippen LogP contribution < -0.4 is 10.1 Å². The van der Waals surface area contributed by atoms with Gasteiger partial charge in [0, 0.05) is 13.2 Å². The van der Waals surface area contributed by atoms with Crippen molar-refractivity contribution in [3.05, 3.63) is 78.0 Å². The smallest absolute Gasteiger partial charge is 0.360 e. The van der Waals surface area contributed by atoms with Gasteiger partial charge in [-0.3, -0.25) is 9.48 Å². The molecule has 1 aromatic carbocycles. The molecule has 0 radical (unpaired) electrons. The lowest BCUT2D eigenvalue weighted by Gasteiger charge is -2.08. The topological polar surface area (TPSA) is 95.6 Å². The van der Waals surface area contributed by atoms with Gasteiger partial charge in [-0.05, 0) is 30.2 Å². The van der Waals surface area contributed by atoms with Crippen LogP contribution in [0.2, 0.25) is 0 Å². The molecule has 0 atom stereocenters. The number of para-hydroxylation sites is 1. The number of nitrogens with one attached hydrogen (secondary N) is 1. The van der Waals surface area contributed by atoms with Crippen LogP contribution in [0.4, 0.5) is 5.69 Å². The number of aromatic nitrogens is 2. The van der Waals surface area contributed by atoms with Crippen LogP contribution in [0.15, 0.2) is 59.7 Å². The fraction of sp³-hybridized carbons (Fsp3) is 0.190. The van der Waals surface area contributed by atoms with Gasteiger partial charge in [0.15, 0.2) is 11.5 Å². The molecule has 1 amide bonds. The summed E-state index contributed by atoms with van der Waals surface area (Å²) in [5.41, 5.74) is 1.26. The number of hydrogen-bond acceptors (Lipinski definition) is 6. The van der Waals surface area contributed by atoms with E-state index in [1.807, 2.05) is 24.3 Å². The number of carbonyl (C=O) groups excluding carboxylic acids is 2. The maximum absolute atomic E-state index is 12.5. The van der Waals surface area contributed by atoms with Crippen molar-refractivity contribution in [1.82, 2.24) is 9.78 Å². The minimum Gasteiger partial charge on any atom is -0.485 e. The zero-order valence-electron chi connectivity index (χ0n) is 16.2.